The summed E-state index contributed by atoms with van der Waals surface area (Å²) in [6.45, 7) is 3.55. The number of allylic oxidation sites excluding steroid dienone is 15. The van der Waals surface area contributed by atoms with E-state index in [9.17, 15) is 30.3 Å². The Balaban J connectivity index is 2.40. The van der Waals surface area contributed by atoms with Gasteiger partial charge in [0.1, 0.15) is 24.4 Å². The van der Waals surface area contributed by atoms with Gasteiger partial charge in [0.15, 0.2) is 6.29 Å². The van der Waals surface area contributed by atoms with Gasteiger partial charge in [0.2, 0.25) is 5.91 Å². The maximum absolute atomic E-state index is 12.9. The molecule has 0 aromatic heterocycles. The van der Waals surface area contributed by atoms with Gasteiger partial charge in [-0.2, -0.15) is 0 Å². The molecule has 312 valence electrons. The lowest BCUT2D eigenvalue weighted by molar-refractivity contribution is -0.302. The van der Waals surface area contributed by atoms with E-state index in [4.69, 9.17) is 9.47 Å². The van der Waals surface area contributed by atoms with Gasteiger partial charge in [0.25, 0.3) is 0 Å². The van der Waals surface area contributed by atoms with Gasteiger partial charge >= 0.3 is 0 Å². The molecule has 7 unspecified atom stereocenters. The molecule has 0 aromatic carbocycles. The molecule has 0 bridgehead atoms. The Morgan fingerprint density at radius 2 is 1.13 bits per heavy atom. The van der Waals surface area contributed by atoms with Crippen molar-refractivity contribution in [2.75, 3.05) is 13.2 Å². The van der Waals surface area contributed by atoms with Crippen molar-refractivity contribution >= 4 is 5.91 Å². The maximum Gasteiger partial charge on any atom is 0.220 e. The summed E-state index contributed by atoms with van der Waals surface area (Å²) >= 11 is 0. The van der Waals surface area contributed by atoms with Crippen LogP contribution in [0.5, 0.6) is 0 Å². The molecule has 0 aromatic rings. The minimum Gasteiger partial charge on any atom is -0.394 e. The van der Waals surface area contributed by atoms with Crippen LogP contribution in [-0.2, 0) is 14.3 Å². The Kier molecular flexibility index (Phi) is 32.4. The molecule has 1 aliphatic heterocycles. The second kappa shape index (κ2) is 35.5. The van der Waals surface area contributed by atoms with E-state index in [0.29, 0.717) is 6.42 Å². The minimum absolute atomic E-state index is 0.219. The maximum atomic E-state index is 12.9. The van der Waals surface area contributed by atoms with Gasteiger partial charge in [-0.3, -0.25) is 4.79 Å². The highest BCUT2D eigenvalue weighted by molar-refractivity contribution is 5.76. The molecule has 1 heterocycles. The van der Waals surface area contributed by atoms with Crippen molar-refractivity contribution in [2.24, 2.45) is 0 Å². The van der Waals surface area contributed by atoms with E-state index in [1.54, 1.807) is 6.08 Å². The van der Waals surface area contributed by atoms with Gasteiger partial charge in [-0.05, 0) is 70.6 Å². The summed E-state index contributed by atoms with van der Waals surface area (Å²) in [6.07, 6.45) is 43.2. The summed E-state index contributed by atoms with van der Waals surface area (Å²) in [4.78, 5) is 12.9. The van der Waals surface area contributed by atoms with Gasteiger partial charge in [-0.15, -0.1) is 0 Å². The fourth-order valence-corrected chi connectivity index (χ4v) is 5.79. The van der Waals surface area contributed by atoms with Crippen LogP contribution in [-0.4, -0.2) is 87.5 Å². The monoisotopic (exact) mass is 770 g/mol. The van der Waals surface area contributed by atoms with E-state index in [-0.39, 0.29) is 18.9 Å². The predicted octanol–water partition coefficient (Wildman–Crippen LogP) is 8.16. The molecule has 0 spiro atoms. The molecule has 1 rings (SSSR count). The first-order valence-corrected chi connectivity index (χ1v) is 21.0. The average molecular weight is 770 g/mol. The Morgan fingerprint density at radius 1 is 0.636 bits per heavy atom. The first-order chi connectivity index (χ1) is 26.8. The molecule has 55 heavy (non-hydrogen) atoms. The first kappa shape index (κ1) is 50.1. The molecule has 1 amide bonds. The fraction of sp³-hybridized carbons (Fsp3) is 0.630. The number of rotatable bonds is 32. The Morgan fingerprint density at radius 3 is 1.65 bits per heavy atom. The lowest BCUT2D eigenvalue weighted by Crippen LogP contribution is -2.60. The zero-order valence-corrected chi connectivity index (χ0v) is 33.9. The largest absolute Gasteiger partial charge is 0.394 e. The van der Waals surface area contributed by atoms with Crippen LogP contribution in [0, 0.1) is 0 Å². The number of hydrogen-bond donors (Lipinski definition) is 6. The quantitative estimate of drug-likeness (QED) is 0.0297. The molecule has 1 aliphatic rings. The van der Waals surface area contributed by atoms with Gasteiger partial charge in [0, 0.05) is 6.42 Å². The summed E-state index contributed by atoms with van der Waals surface area (Å²) in [7, 11) is 0. The number of carbonyl (C=O) groups is 1. The van der Waals surface area contributed by atoms with Crippen LogP contribution >= 0.6 is 0 Å². The van der Waals surface area contributed by atoms with E-state index in [2.05, 4.69) is 104 Å². The van der Waals surface area contributed by atoms with E-state index in [1.807, 2.05) is 6.08 Å². The van der Waals surface area contributed by atoms with Crippen LogP contribution in [0.25, 0.3) is 0 Å². The van der Waals surface area contributed by atoms with Gasteiger partial charge in [0.05, 0.1) is 25.4 Å². The summed E-state index contributed by atoms with van der Waals surface area (Å²) in [6, 6.07) is -0.839. The lowest BCUT2D eigenvalue weighted by atomic mass is 9.99. The average Bonchev–Trinajstić information content (AvgIpc) is 3.18. The van der Waals surface area contributed by atoms with Crippen molar-refractivity contribution in [3.8, 4) is 0 Å². The molecular weight excluding hydrogens is 695 g/mol. The first-order valence-electron chi connectivity index (χ1n) is 21.0. The molecule has 9 heteroatoms. The Hall–Kier alpha value is -2.89. The highest BCUT2D eigenvalue weighted by Crippen LogP contribution is 2.22. The van der Waals surface area contributed by atoms with E-state index in [0.717, 1.165) is 70.6 Å². The lowest BCUT2D eigenvalue weighted by Gasteiger charge is -2.40. The number of unbranched alkanes of at least 4 members (excludes halogenated alkanes) is 8. The van der Waals surface area contributed by atoms with Crippen molar-refractivity contribution in [3.05, 3.63) is 97.2 Å². The number of nitrogens with one attached hydrogen (secondary N) is 1. The van der Waals surface area contributed by atoms with Crippen molar-refractivity contribution in [3.63, 3.8) is 0 Å². The van der Waals surface area contributed by atoms with Crippen molar-refractivity contribution < 1.29 is 39.8 Å². The highest BCUT2D eigenvalue weighted by atomic mass is 16.7. The third kappa shape index (κ3) is 26.6. The molecular formula is C46H75NO8. The van der Waals surface area contributed by atoms with Crippen molar-refractivity contribution in [1.82, 2.24) is 5.32 Å². The number of carbonyl (C=O) groups excluding carboxylic acids is 1. The molecule has 1 saturated heterocycles. The predicted molar refractivity (Wildman–Crippen MR) is 225 cm³/mol. The molecule has 1 fully saturated rings. The summed E-state index contributed by atoms with van der Waals surface area (Å²) < 4.78 is 11.1. The standard InChI is InChI=1S/C46H75NO8/c1-3-5-7-9-11-13-14-15-16-17-18-19-20-21-22-23-24-25-26-28-30-32-34-36-42(50)47-39(40(49)35-33-31-29-27-12-10-8-6-4-2)38-54-46-45(53)44(52)43(51)41(37-48)55-46/h5,7,11,13,15-16,18-19,21-22,24-25,28,30,33,35,39-41,43-46,48-49,51-53H,3-4,6,8-10,12,14,17,20,23,26-27,29,31-32,34,36-38H2,1-2H3,(H,47,50)/b7-5-,13-11-,16-15-,19-18-,22-21-,25-24-,30-28-,35-33+. The fourth-order valence-electron chi connectivity index (χ4n) is 5.79. The van der Waals surface area contributed by atoms with Crippen molar-refractivity contribution in [2.45, 2.75) is 172 Å². The van der Waals surface area contributed by atoms with E-state index in [1.165, 1.54) is 32.1 Å². The molecule has 0 aliphatic carbocycles. The van der Waals surface area contributed by atoms with E-state index >= 15 is 0 Å². The number of aliphatic hydroxyl groups excluding tert-OH is 5. The van der Waals surface area contributed by atoms with Crippen LogP contribution in [0.3, 0.4) is 0 Å². The smallest absolute Gasteiger partial charge is 0.220 e. The highest BCUT2D eigenvalue weighted by Gasteiger charge is 2.44. The summed E-state index contributed by atoms with van der Waals surface area (Å²) in [5.74, 6) is -0.243. The van der Waals surface area contributed by atoms with Crippen LogP contribution < -0.4 is 5.32 Å². The van der Waals surface area contributed by atoms with Crippen LogP contribution in [0.15, 0.2) is 97.2 Å². The van der Waals surface area contributed by atoms with Crippen LogP contribution in [0.1, 0.15) is 129 Å². The molecule has 0 radical (unpaired) electrons. The SMILES string of the molecule is CC/C=C\C/C=C\C/C=C\C/C=C\C/C=C\C/C=C\C/C=C\CCCC(=O)NC(COC1OC(CO)C(O)C(O)C1O)C(O)/C=C/CCCCCCCCC. The Labute approximate surface area is 333 Å². The number of aliphatic hydroxyl groups is 5. The molecule has 0 saturated carbocycles. The minimum atomic E-state index is -1.58. The van der Waals surface area contributed by atoms with Crippen LogP contribution in [0.2, 0.25) is 0 Å². The third-order valence-corrected chi connectivity index (χ3v) is 9.16. The topological polar surface area (TPSA) is 149 Å². The second-order valence-corrected chi connectivity index (χ2v) is 14.0. The van der Waals surface area contributed by atoms with E-state index < -0.39 is 49.5 Å². The van der Waals surface area contributed by atoms with Gasteiger partial charge in [-0.1, -0.05) is 150 Å². The summed E-state index contributed by atoms with van der Waals surface area (Å²) in [5, 5.41) is 53.9. The number of hydrogen-bond acceptors (Lipinski definition) is 8. The van der Waals surface area contributed by atoms with Crippen molar-refractivity contribution in [1.29, 1.82) is 0 Å². The zero-order valence-electron chi connectivity index (χ0n) is 33.9. The van der Waals surface area contributed by atoms with Crippen LogP contribution in [0.4, 0.5) is 0 Å². The Bertz CT molecular complexity index is 1170. The second-order valence-electron chi connectivity index (χ2n) is 14.0. The normalized spacial score (nSPS) is 22.3. The molecule has 9 nitrogen and oxygen atoms in total. The zero-order chi connectivity index (χ0) is 40.2. The van der Waals surface area contributed by atoms with Gasteiger partial charge < -0.3 is 40.3 Å². The summed E-state index contributed by atoms with van der Waals surface area (Å²) in [5.41, 5.74) is 0. The molecule has 7 atom stereocenters. The third-order valence-electron chi connectivity index (χ3n) is 9.16. The molecule has 6 N–H and O–H groups in total. The number of amides is 1. The number of ether oxygens (including phenoxy) is 2. The van der Waals surface area contributed by atoms with Gasteiger partial charge in [-0.25, -0.2) is 0 Å².